The van der Waals surface area contributed by atoms with Crippen molar-refractivity contribution in [3.63, 3.8) is 0 Å². The molecular formula is C20H25N2O9P. The molecule has 0 amide bonds. The van der Waals surface area contributed by atoms with Gasteiger partial charge in [-0.3, -0.25) is 14.9 Å². The van der Waals surface area contributed by atoms with Gasteiger partial charge in [-0.25, -0.2) is 4.57 Å². The van der Waals surface area contributed by atoms with Crippen molar-refractivity contribution in [1.82, 2.24) is 5.09 Å². The number of non-ortho nitro benzene ring substituents is 1. The standard InChI is InChI=1S/C20H25N2O9P/c1-13(2)29-20(23)14(3)21-32(26,30-16-8-6-15(7-9-16)22(24)25)31-19-11-17(27-4)10-18(12-19)28-5/h6-14H,1-5H3,(H,21,26)/t14-,32?/m0/s1. The van der Waals surface area contributed by atoms with Crippen LogP contribution in [0.3, 0.4) is 0 Å². The van der Waals surface area contributed by atoms with Gasteiger partial charge >= 0.3 is 13.7 Å². The number of methoxy groups -OCH3 is 2. The molecule has 0 aromatic heterocycles. The molecule has 32 heavy (non-hydrogen) atoms. The number of esters is 1. The molecule has 2 aromatic rings. The third-order valence-electron chi connectivity index (χ3n) is 3.88. The molecule has 1 unspecified atom stereocenters. The van der Waals surface area contributed by atoms with Crippen molar-refractivity contribution in [2.45, 2.75) is 32.9 Å². The second-order valence-electron chi connectivity index (χ2n) is 6.82. The lowest BCUT2D eigenvalue weighted by atomic mass is 10.3. The van der Waals surface area contributed by atoms with Crippen LogP contribution in [0.1, 0.15) is 20.8 Å². The number of nitro groups is 1. The average Bonchev–Trinajstić information content (AvgIpc) is 2.72. The predicted octanol–water partition coefficient (Wildman–Crippen LogP) is 4.11. The van der Waals surface area contributed by atoms with Crippen molar-refractivity contribution in [2.75, 3.05) is 14.2 Å². The molecule has 0 aliphatic heterocycles. The lowest BCUT2D eigenvalue weighted by Gasteiger charge is -2.24. The Morgan fingerprint density at radius 3 is 1.91 bits per heavy atom. The second-order valence-corrected chi connectivity index (χ2v) is 8.43. The molecule has 0 spiro atoms. The second kappa shape index (κ2) is 10.8. The molecule has 2 atom stereocenters. The van der Waals surface area contributed by atoms with Gasteiger partial charge in [0.05, 0.1) is 25.2 Å². The Morgan fingerprint density at radius 2 is 1.44 bits per heavy atom. The highest BCUT2D eigenvalue weighted by molar-refractivity contribution is 7.52. The van der Waals surface area contributed by atoms with Crippen LogP contribution in [0.4, 0.5) is 5.69 Å². The van der Waals surface area contributed by atoms with Gasteiger partial charge in [0.15, 0.2) is 0 Å². The number of nitrogens with zero attached hydrogens (tertiary/aromatic N) is 1. The number of nitro benzene ring substituents is 1. The Bertz CT molecular complexity index is 973. The number of carbonyl (C=O) groups excluding carboxylic acids is 1. The minimum absolute atomic E-state index is 0.0192. The van der Waals surface area contributed by atoms with E-state index in [0.717, 1.165) is 0 Å². The molecular weight excluding hydrogens is 443 g/mol. The molecule has 0 saturated carbocycles. The van der Waals surface area contributed by atoms with Gasteiger partial charge in [-0.05, 0) is 32.9 Å². The third-order valence-corrected chi connectivity index (χ3v) is 5.49. The molecule has 11 nitrogen and oxygen atoms in total. The highest BCUT2D eigenvalue weighted by Crippen LogP contribution is 2.47. The first-order chi connectivity index (χ1) is 15.0. The van der Waals surface area contributed by atoms with E-state index in [0.29, 0.717) is 11.5 Å². The first-order valence-electron chi connectivity index (χ1n) is 9.50. The number of carbonyl (C=O) groups is 1. The fourth-order valence-corrected chi connectivity index (χ4v) is 3.94. The Kier molecular flexibility index (Phi) is 8.45. The number of benzene rings is 2. The topological polar surface area (TPSA) is 135 Å². The Hall–Kier alpha value is -3.30. The number of ether oxygens (including phenoxy) is 3. The minimum atomic E-state index is -4.25. The number of nitrogens with one attached hydrogen (secondary N) is 1. The summed E-state index contributed by atoms with van der Waals surface area (Å²) < 4.78 is 40.2. The molecule has 0 saturated heterocycles. The maximum atomic E-state index is 13.6. The van der Waals surface area contributed by atoms with E-state index in [1.807, 2.05) is 0 Å². The van der Waals surface area contributed by atoms with Gasteiger partial charge < -0.3 is 23.3 Å². The molecule has 12 heteroatoms. The van der Waals surface area contributed by atoms with Gasteiger partial charge in [-0.2, -0.15) is 5.09 Å². The zero-order chi connectivity index (χ0) is 23.9. The monoisotopic (exact) mass is 468 g/mol. The van der Waals surface area contributed by atoms with E-state index in [2.05, 4.69) is 5.09 Å². The molecule has 0 radical (unpaired) electrons. The molecule has 1 N–H and O–H groups in total. The molecule has 174 valence electrons. The quantitative estimate of drug-likeness (QED) is 0.222. The molecule has 0 fully saturated rings. The predicted molar refractivity (Wildman–Crippen MR) is 115 cm³/mol. The van der Waals surface area contributed by atoms with Crippen molar-refractivity contribution >= 4 is 19.4 Å². The Balaban J connectivity index is 2.36. The molecule has 2 aromatic carbocycles. The van der Waals surface area contributed by atoms with Crippen LogP contribution in [-0.2, 0) is 14.1 Å². The van der Waals surface area contributed by atoms with Gasteiger partial charge in [0.25, 0.3) is 5.69 Å². The van der Waals surface area contributed by atoms with Crippen LogP contribution in [0.25, 0.3) is 0 Å². The van der Waals surface area contributed by atoms with E-state index < -0.39 is 24.7 Å². The summed E-state index contributed by atoms with van der Waals surface area (Å²) in [5.41, 5.74) is -0.174. The van der Waals surface area contributed by atoms with E-state index in [-0.39, 0.29) is 23.3 Å². The Morgan fingerprint density at radius 1 is 0.938 bits per heavy atom. The third kappa shape index (κ3) is 7.14. The number of hydrogen-bond acceptors (Lipinski definition) is 9. The van der Waals surface area contributed by atoms with Gasteiger partial charge in [0.1, 0.15) is 29.0 Å². The Labute approximate surface area is 185 Å². The zero-order valence-corrected chi connectivity index (χ0v) is 19.2. The highest BCUT2D eigenvalue weighted by atomic mass is 31.2. The summed E-state index contributed by atoms with van der Waals surface area (Å²) in [5, 5.41) is 13.4. The lowest BCUT2D eigenvalue weighted by Crippen LogP contribution is -2.36. The van der Waals surface area contributed by atoms with Crippen LogP contribution < -0.4 is 23.6 Å². The first kappa shape index (κ1) is 25.0. The maximum absolute atomic E-state index is 13.6. The molecule has 2 rings (SSSR count). The SMILES string of the molecule is COc1cc(OC)cc(OP(=O)(N[C@@H](C)C(=O)OC(C)C)Oc2ccc([N+](=O)[O-])cc2)c1. The molecule has 0 aliphatic rings. The van der Waals surface area contributed by atoms with Gasteiger partial charge in [0, 0.05) is 30.3 Å². The van der Waals surface area contributed by atoms with Crippen molar-refractivity contribution in [3.8, 4) is 23.0 Å². The summed E-state index contributed by atoms with van der Waals surface area (Å²) >= 11 is 0. The summed E-state index contributed by atoms with van der Waals surface area (Å²) in [6.45, 7) is 4.79. The summed E-state index contributed by atoms with van der Waals surface area (Å²) in [4.78, 5) is 22.5. The number of rotatable bonds is 11. The first-order valence-corrected chi connectivity index (χ1v) is 11.0. The van der Waals surface area contributed by atoms with Crippen LogP contribution in [0.2, 0.25) is 0 Å². The zero-order valence-electron chi connectivity index (χ0n) is 18.3. The van der Waals surface area contributed by atoms with E-state index in [4.69, 9.17) is 23.3 Å². The fourth-order valence-electron chi connectivity index (χ4n) is 2.44. The minimum Gasteiger partial charge on any atom is -0.496 e. The van der Waals surface area contributed by atoms with Crippen LogP contribution in [0.15, 0.2) is 42.5 Å². The maximum Gasteiger partial charge on any atom is 0.513 e. The van der Waals surface area contributed by atoms with Gasteiger partial charge in [0.2, 0.25) is 0 Å². The summed E-state index contributed by atoms with van der Waals surface area (Å²) in [7, 11) is -1.37. The van der Waals surface area contributed by atoms with Gasteiger partial charge in [-0.1, -0.05) is 0 Å². The average molecular weight is 468 g/mol. The largest absolute Gasteiger partial charge is 0.513 e. The highest BCUT2D eigenvalue weighted by Gasteiger charge is 2.34. The molecule has 0 aliphatic carbocycles. The smallest absolute Gasteiger partial charge is 0.496 e. The molecule has 0 bridgehead atoms. The summed E-state index contributed by atoms with van der Waals surface area (Å²) in [6, 6.07) is 8.33. The molecule has 0 heterocycles. The van der Waals surface area contributed by atoms with Crippen molar-refractivity contribution in [3.05, 3.63) is 52.6 Å². The fraction of sp³-hybridized carbons (Fsp3) is 0.350. The van der Waals surface area contributed by atoms with E-state index in [9.17, 15) is 19.5 Å². The number of hydrogen-bond donors (Lipinski definition) is 1. The normalized spacial score (nSPS) is 13.6. The van der Waals surface area contributed by atoms with Crippen molar-refractivity contribution in [1.29, 1.82) is 0 Å². The van der Waals surface area contributed by atoms with Gasteiger partial charge in [-0.15, -0.1) is 0 Å². The van der Waals surface area contributed by atoms with Crippen LogP contribution >= 0.6 is 7.75 Å². The van der Waals surface area contributed by atoms with E-state index in [1.54, 1.807) is 19.9 Å². The van der Waals surface area contributed by atoms with Crippen molar-refractivity contribution < 1.29 is 37.5 Å². The van der Waals surface area contributed by atoms with Crippen LogP contribution in [-0.4, -0.2) is 37.3 Å². The van der Waals surface area contributed by atoms with Crippen molar-refractivity contribution in [2.24, 2.45) is 0 Å². The summed E-state index contributed by atoms with van der Waals surface area (Å²) in [5.74, 6) is 0.162. The lowest BCUT2D eigenvalue weighted by molar-refractivity contribution is -0.384. The summed E-state index contributed by atoms with van der Waals surface area (Å²) in [6.07, 6.45) is -0.384. The van der Waals surface area contributed by atoms with Crippen LogP contribution in [0, 0.1) is 10.1 Å². The van der Waals surface area contributed by atoms with E-state index in [1.165, 1.54) is 57.5 Å². The van der Waals surface area contributed by atoms with Crippen LogP contribution in [0.5, 0.6) is 23.0 Å². The van der Waals surface area contributed by atoms with E-state index >= 15 is 0 Å².